The zero-order valence-electron chi connectivity index (χ0n) is 15.2. The van der Waals surface area contributed by atoms with Crippen molar-refractivity contribution in [2.45, 2.75) is 28.2 Å². The fourth-order valence-corrected chi connectivity index (χ4v) is 5.68. The number of primary amides is 1. The maximum absolute atomic E-state index is 13.2. The van der Waals surface area contributed by atoms with Crippen LogP contribution in [0, 0.1) is 11.3 Å². The molecule has 7 nitrogen and oxygen atoms in total. The average molecular weight is 525 g/mol. The number of hydrogen-bond acceptors (Lipinski definition) is 5. The van der Waals surface area contributed by atoms with Crippen molar-refractivity contribution in [3.8, 4) is 11.8 Å². The van der Waals surface area contributed by atoms with Crippen LogP contribution in [0.3, 0.4) is 0 Å². The molecule has 1 aliphatic carbocycles. The second-order valence-corrected chi connectivity index (χ2v) is 12.1. The smallest absolute Gasteiger partial charge is 0.310 e. The van der Waals surface area contributed by atoms with Crippen molar-refractivity contribution in [1.29, 1.82) is 5.26 Å². The maximum atomic E-state index is 13.2. The Morgan fingerprint density at radius 2 is 1.71 bits per heavy atom. The van der Waals surface area contributed by atoms with Gasteiger partial charge in [0.1, 0.15) is 16.7 Å². The van der Waals surface area contributed by atoms with Gasteiger partial charge in [0.15, 0.2) is 20.6 Å². The molecule has 31 heavy (non-hydrogen) atoms. The first-order valence-corrected chi connectivity index (χ1v) is 12.6. The first-order chi connectivity index (χ1) is 13.7. The van der Waals surface area contributed by atoms with Gasteiger partial charge < -0.3 is 5.73 Å². The first kappa shape index (κ1) is 23.6. The molecule has 0 atom stereocenters. The lowest BCUT2D eigenvalue weighted by Crippen LogP contribution is -2.30. The number of halogens is 7. The first-order valence-electron chi connectivity index (χ1n) is 8.00. The lowest BCUT2D eigenvalue weighted by molar-refractivity contribution is -0.120. The predicted molar refractivity (Wildman–Crippen MR) is 103 cm³/mol. The number of rotatable bonds is 5. The van der Waals surface area contributed by atoms with E-state index in [-0.39, 0.29) is 30.5 Å². The molecule has 1 fully saturated rings. The van der Waals surface area contributed by atoms with Crippen LogP contribution >= 0.6 is 33.4 Å². The highest BCUT2D eigenvalue weighted by Gasteiger charge is 2.65. The summed E-state index contributed by atoms with van der Waals surface area (Å²) in [5.74, 6) is -0.943. The van der Waals surface area contributed by atoms with E-state index >= 15 is 0 Å². The van der Waals surface area contributed by atoms with Gasteiger partial charge in [-0.25, -0.2) is 13.1 Å². The quantitative estimate of drug-likeness (QED) is 0.572. The topological polar surface area (TPSA) is 119 Å². The number of carbonyl (C=O) groups excluding carboxylic acids is 1. The number of carbonyl (C=O) groups is 1. The molecule has 0 aliphatic heterocycles. The Morgan fingerprint density at radius 1 is 1.23 bits per heavy atom. The van der Waals surface area contributed by atoms with Crippen LogP contribution < -0.4 is 5.73 Å². The molecular weight excluding hydrogens is 514 g/mol. The zero-order chi connectivity index (χ0) is 23.8. The second kappa shape index (κ2) is 6.03. The number of nitrogens with two attached hydrogens (primary N) is 1. The van der Waals surface area contributed by atoms with Gasteiger partial charge in [0.25, 0.3) is 0 Å². The van der Waals surface area contributed by atoms with Crippen molar-refractivity contribution in [2.75, 3.05) is 6.26 Å². The predicted octanol–water partition coefficient (Wildman–Crippen LogP) is 4.63. The molecule has 0 unspecified atom stereocenters. The molecule has 0 radical (unpaired) electrons. The summed E-state index contributed by atoms with van der Waals surface area (Å²) < 4.78 is 91.3. The largest absolute Gasteiger partial charge is 0.369 e. The molecule has 170 valence electrons. The van der Waals surface area contributed by atoms with Crippen molar-refractivity contribution in [1.82, 2.24) is 9.78 Å². The van der Waals surface area contributed by atoms with E-state index in [0.29, 0.717) is 10.9 Å². The molecule has 0 bridgehead atoms. The van der Waals surface area contributed by atoms with Crippen molar-refractivity contribution in [3.05, 3.63) is 33.4 Å². The van der Waals surface area contributed by atoms with E-state index in [4.69, 9.17) is 28.9 Å². The minimum absolute atomic E-state index is 0.0931. The Balaban J connectivity index is 2.43. The number of sulfone groups is 1. The van der Waals surface area contributed by atoms with Gasteiger partial charge >= 0.3 is 10.2 Å². The number of benzene rings is 1. The fourth-order valence-electron chi connectivity index (χ4n) is 3.12. The van der Waals surface area contributed by atoms with E-state index in [1.54, 1.807) is 6.07 Å². The van der Waals surface area contributed by atoms with Crippen LogP contribution in [-0.2, 0) is 20.0 Å². The van der Waals surface area contributed by atoms with E-state index in [0.717, 1.165) is 0 Å². The Kier molecular flexibility index (Phi) is 4.59. The lowest BCUT2D eigenvalue weighted by atomic mass is 9.96. The van der Waals surface area contributed by atoms with E-state index in [1.165, 1.54) is 0 Å². The van der Waals surface area contributed by atoms with E-state index < -0.39 is 62.7 Å². The molecule has 2 N–H and O–H groups in total. The van der Waals surface area contributed by atoms with Crippen LogP contribution in [0.25, 0.3) is 5.69 Å². The zero-order valence-corrected chi connectivity index (χ0v) is 18.3. The van der Waals surface area contributed by atoms with Crippen molar-refractivity contribution >= 4 is 49.2 Å². The lowest BCUT2D eigenvalue weighted by Gasteiger charge is -2.40. The highest BCUT2D eigenvalue weighted by molar-refractivity contribution is 8.45. The highest BCUT2D eigenvalue weighted by atomic mass is 35.5. The van der Waals surface area contributed by atoms with Crippen molar-refractivity contribution < 1.29 is 32.6 Å². The molecule has 1 aromatic carbocycles. The molecule has 16 heteroatoms. The minimum atomic E-state index is -10.2. The minimum Gasteiger partial charge on any atom is -0.369 e. The van der Waals surface area contributed by atoms with E-state index in [9.17, 15) is 37.9 Å². The molecule has 0 saturated heterocycles. The van der Waals surface area contributed by atoms with Gasteiger partial charge in [-0.05, 0) is 25.0 Å². The van der Waals surface area contributed by atoms with Gasteiger partial charge in [-0.2, -0.15) is 10.4 Å². The SMILES string of the molecule is CS(=O)(=O)c1c(C2(C(N)=O)CC2)c(C#N)nn1-c1c(Cl)cc(S(F)(F)(F)(F)F)cc1Cl. The molecule has 1 aliphatic rings. The highest BCUT2D eigenvalue weighted by Crippen LogP contribution is 3.02. The van der Waals surface area contributed by atoms with Gasteiger partial charge in [-0.1, -0.05) is 42.6 Å². The van der Waals surface area contributed by atoms with Gasteiger partial charge in [-0.3, -0.25) is 4.79 Å². The van der Waals surface area contributed by atoms with E-state index in [2.05, 4.69) is 5.10 Å². The Morgan fingerprint density at radius 3 is 2.03 bits per heavy atom. The Hall–Kier alpha value is -2.08. The summed E-state index contributed by atoms with van der Waals surface area (Å²) in [4.78, 5) is 9.56. The Labute approximate surface area is 182 Å². The molecule has 3 rings (SSSR count). The summed E-state index contributed by atoms with van der Waals surface area (Å²) in [6.45, 7) is 0. The summed E-state index contributed by atoms with van der Waals surface area (Å²) in [6.07, 6.45) is 0.874. The Bertz CT molecular complexity index is 1290. The summed E-state index contributed by atoms with van der Waals surface area (Å²) in [7, 11) is -14.5. The normalized spacial score (nSPS) is 18.0. The number of aromatic nitrogens is 2. The summed E-state index contributed by atoms with van der Waals surface area (Å²) in [5, 5.41) is 10.4. The van der Waals surface area contributed by atoms with E-state index in [1.807, 2.05) is 0 Å². The van der Waals surface area contributed by atoms with Crippen LogP contribution in [-0.4, -0.2) is 30.4 Å². The molecule has 1 amide bonds. The standard InChI is InChI=1S/C15H11Cl2F5N4O3S2/c1-30(28,29)13-11(15(2-3-15)14(24)27)10(6-23)25-26(13)12-8(16)4-7(5-9(12)17)31(18,19,20,21)22/h4-5H,2-3H2,1H3,(H2,24,27). The van der Waals surface area contributed by atoms with Gasteiger partial charge in [0.2, 0.25) is 5.91 Å². The molecule has 0 spiro atoms. The van der Waals surface area contributed by atoms with Crippen LogP contribution in [0.1, 0.15) is 24.1 Å². The van der Waals surface area contributed by atoms with Crippen molar-refractivity contribution in [2.24, 2.45) is 5.73 Å². The molecule has 1 heterocycles. The number of amides is 1. The monoisotopic (exact) mass is 524 g/mol. The maximum Gasteiger partial charge on any atom is 0.310 e. The molecule has 1 saturated carbocycles. The van der Waals surface area contributed by atoms with Gasteiger partial charge in [-0.15, -0.1) is 0 Å². The van der Waals surface area contributed by atoms with Gasteiger partial charge in [0.05, 0.1) is 15.5 Å². The summed E-state index contributed by atoms with van der Waals surface area (Å²) in [5.41, 5.74) is 2.23. The second-order valence-electron chi connectivity index (χ2n) is 6.98. The van der Waals surface area contributed by atoms with Crippen LogP contribution in [0.2, 0.25) is 10.0 Å². The number of nitriles is 1. The summed E-state index contributed by atoms with van der Waals surface area (Å²) in [6, 6.07) is 1.36. The third-order valence-electron chi connectivity index (χ3n) is 4.65. The summed E-state index contributed by atoms with van der Waals surface area (Å²) >= 11 is 11.6. The fraction of sp³-hybridized carbons (Fsp3) is 0.267. The molecule has 1 aromatic heterocycles. The van der Waals surface area contributed by atoms with Crippen LogP contribution in [0.15, 0.2) is 22.1 Å². The van der Waals surface area contributed by atoms with Crippen LogP contribution in [0.5, 0.6) is 0 Å². The van der Waals surface area contributed by atoms with Crippen LogP contribution in [0.4, 0.5) is 19.4 Å². The van der Waals surface area contributed by atoms with Crippen molar-refractivity contribution in [3.63, 3.8) is 0 Å². The number of nitrogens with zero attached hydrogens (tertiary/aromatic N) is 3. The molecule has 2 aromatic rings. The third kappa shape index (κ3) is 3.95. The molecular formula is C15H11Cl2F5N4O3S2. The number of hydrogen-bond donors (Lipinski definition) is 1. The third-order valence-corrected chi connectivity index (χ3v) is 7.43. The van der Waals surface area contributed by atoms with Gasteiger partial charge in [0, 0.05) is 11.8 Å². The average Bonchev–Trinajstić information content (AvgIpc) is 3.26.